The van der Waals surface area contributed by atoms with E-state index in [0.717, 1.165) is 0 Å². The number of hydrogen-bond acceptors (Lipinski definition) is 2. The quantitative estimate of drug-likeness (QED) is 0.746. The van der Waals surface area contributed by atoms with E-state index in [2.05, 4.69) is 0 Å². The molecule has 98 valence electrons. The van der Waals surface area contributed by atoms with Gasteiger partial charge < -0.3 is 4.74 Å². The van der Waals surface area contributed by atoms with Gasteiger partial charge in [0.15, 0.2) is 5.78 Å². The number of ether oxygens (including phenoxy) is 1. The monoisotopic (exact) mass is 278 g/mol. The Hall–Kier alpha value is -1.87. The van der Waals surface area contributed by atoms with Gasteiger partial charge >= 0.3 is 0 Å². The second kappa shape index (κ2) is 5.85. The zero-order valence-corrected chi connectivity index (χ0v) is 11.1. The first-order chi connectivity index (χ1) is 9.10. The highest BCUT2D eigenvalue weighted by Crippen LogP contribution is 2.26. The van der Waals surface area contributed by atoms with Gasteiger partial charge in [-0.2, -0.15) is 0 Å². The van der Waals surface area contributed by atoms with Crippen molar-refractivity contribution in [1.82, 2.24) is 0 Å². The molecule has 0 N–H and O–H groups in total. The van der Waals surface area contributed by atoms with E-state index in [0.29, 0.717) is 23.5 Å². The highest BCUT2D eigenvalue weighted by Gasteiger charge is 2.06. The number of benzene rings is 2. The van der Waals surface area contributed by atoms with Crippen LogP contribution in [0.3, 0.4) is 0 Å². The maximum absolute atomic E-state index is 13.3. The van der Waals surface area contributed by atoms with Gasteiger partial charge in [0.2, 0.25) is 0 Å². The van der Waals surface area contributed by atoms with E-state index in [1.165, 1.54) is 12.1 Å². The lowest BCUT2D eigenvalue weighted by Crippen LogP contribution is -1.96. The molecule has 0 aliphatic carbocycles. The largest absolute Gasteiger partial charge is 0.457 e. The second-order valence-electron chi connectivity index (χ2n) is 3.98. The first-order valence-corrected chi connectivity index (χ1v) is 6.24. The lowest BCUT2D eigenvalue weighted by Gasteiger charge is -2.07. The molecule has 0 saturated carbocycles. The minimum Gasteiger partial charge on any atom is -0.457 e. The summed E-state index contributed by atoms with van der Waals surface area (Å²) in [5.41, 5.74) is 0.578. The molecule has 0 heterocycles. The molecule has 0 bridgehead atoms. The summed E-state index contributed by atoms with van der Waals surface area (Å²) >= 11 is 5.59. The van der Waals surface area contributed by atoms with Gasteiger partial charge in [-0.25, -0.2) is 4.39 Å². The van der Waals surface area contributed by atoms with Gasteiger partial charge in [0, 0.05) is 18.1 Å². The summed E-state index contributed by atoms with van der Waals surface area (Å²) in [7, 11) is 0. The Bertz CT molecular complexity index is 611. The molecule has 0 fully saturated rings. The van der Waals surface area contributed by atoms with Crippen LogP contribution in [0.5, 0.6) is 11.5 Å². The molecule has 2 aromatic rings. The number of halogens is 2. The highest BCUT2D eigenvalue weighted by molar-refractivity contribution is 6.30. The summed E-state index contributed by atoms with van der Waals surface area (Å²) in [6.45, 7) is 1.80. The van der Waals surface area contributed by atoms with Crippen molar-refractivity contribution < 1.29 is 13.9 Å². The summed E-state index contributed by atoms with van der Waals surface area (Å²) in [5.74, 6) is 0.316. The third kappa shape index (κ3) is 3.32. The molecule has 0 spiro atoms. The summed E-state index contributed by atoms with van der Waals surface area (Å²) < 4.78 is 18.8. The van der Waals surface area contributed by atoms with Gasteiger partial charge in [0.1, 0.15) is 17.3 Å². The van der Waals surface area contributed by atoms with Crippen molar-refractivity contribution in [3.05, 3.63) is 58.9 Å². The molecule has 0 amide bonds. The number of hydrogen-bond donors (Lipinski definition) is 0. The SMILES string of the molecule is CCC(=O)c1cccc(Oc2ccc(Cl)c(F)c2)c1. The van der Waals surface area contributed by atoms with E-state index in [1.807, 2.05) is 0 Å². The Balaban J connectivity index is 2.23. The fraction of sp³-hybridized carbons (Fsp3) is 0.133. The van der Waals surface area contributed by atoms with Gasteiger partial charge in [0.25, 0.3) is 0 Å². The zero-order chi connectivity index (χ0) is 13.8. The first-order valence-electron chi connectivity index (χ1n) is 5.86. The van der Waals surface area contributed by atoms with Gasteiger partial charge in [-0.15, -0.1) is 0 Å². The Labute approximate surface area is 115 Å². The predicted molar refractivity (Wildman–Crippen MR) is 72.5 cm³/mol. The molecule has 0 unspecified atom stereocenters. The molecule has 19 heavy (non-hydrogen) atoms. The van der Waals surface area contributed by atoms with Crippen molar-refractivity contribution >= 4 is 17.4 Å². The molecule has 2 rings (SSSR count). The molecule has 0 radical (unpaired) electrons. The lowest BCUT2D eigenvalue weighted by molar-refractivity contribution is 0.0988. The number of rotatable bonds is 4. The van der Waals surface area contributed by atoms with Gasteiger partial charge in [-0.1, -0.05) is 30.7 Å². The fourth-order valence-electron chi connectivity index (χ4n) is 1.61. The third-order valence-electron chi connectivity index (χ3n) is 2.60. The molecular formula is C15H12ClFO2. The van der Waals surface area contributed by atoms with Crippen LogP contribution in [-0.2, 0) is 0 Å². The smallest absolute Gasteiger partial charge is 0.162 e. The average molecular weight is 279 g/mol. The van der Waals surface area contributed by atoms with Crippen LogP contribution in [0.25, 0.3) is 0 Å². The average Bonchev–Trinajstić information content (AvgIpc) is 2.42. The van der Waals surface area contributed by atoms with Crippen molar-refractivity contribution in [2.45, 2.75) is 13.3 Å². The van der Waals surface area contributed by atoms with E-state index < -0.39 is 5.82 Å². The molecular weight excluding hydrogens is 267 g/mol. The van der Waals surface area contributed by atoms with E-state index >= 15 is 0 Å². The van der Waals surface area contributed by atoms with Crippen LogP contribution >= 0.6 is 11.6 Å². The Kier molecular flexibility index (Phi) is 4.17. The lowest BCUT2D eigenvalue weighted by atomic mass is 10.1. The fourth-order valence-corrected chi connectivity index (χ4v) is 1.73. The van der Waals surface area contributed by atoms with Gasteiger partial charge in [-0.3, -0.25) is 4.79 Å². The molecule has 0 aliphatic heterocycles. The molecule has 2 aromatic carbocycles. The van der Waals surface area contributed by atoms with Gasteiger partial charge in [0.05, 0.1) is 5.02 Å². The van der Waals surface area contributed by atoms with E-state index in [4.69, 9.17) is 16.3 Å². The summed E-state index contributed by atoms with van der Waals surface area (Å²) in [6, 6.07) is 11.0. The number of carbonyl (C=O) groups excluding carboxylic acids is 1. The van der Waals surface area contributed by atoms with Crippen LogP contribution < -0.4 is 4.74 Å². The number of carbonyl (C=O) groups is 1. The Morgan fingerprint density at radius 2 is 1.95 bits per heavy atom. The predicted octanol–water partition coefficient (Wildman–Crippen LogP) is 4.86. The topological polar surface area (TPSA) is 26.3 Å². The molecule has 0 saturated heterocycles. The maximum Gasteiger partial charge on any atom is 0.162 e. The van der Waals surface area contributed by atoms with Crippen LogP contribution in [0.4, 0.5) is 4.39 Å². The maximum atomic E-state index is 13.3. The molecule has 0 atom stereocenters. The Morgan fingerprint density at radius 1 is 1.21 bits per heavy atom. The first kappa shape index (κ1) is 13.6. The van der Waals surface area contributed by atoms with E-state index in [9.17, 15) is 9.18 Å². The molecule has 4 heteroatoms. The van der Waals surface area contributed by atoms with Crippen molar-refractivity contribution in [2.75, 3.05) is 0 Å². The van der Waals surface area contributed by atoms with Crippen molar-refractivity contribution in [1.29, 1.82) is 0 Å². The van der Waals surface area contributed by atoms with Crippen LogP contribution in [0, 0.1) is 5.82 Å². The minimum atomic E-state index is -0.542. The molecule has 0 aromatic heterocycles. The Morgan fingerprint density at radius 3 is 2.63 bits per heavy atom. The highest BCUT2D eigenvalue weighted by atomic mass is 35.5. The van der Waals surface area contributed by atoms with E-state index in [-0.39, 0.29) is 10.8 Å². The standard InChI is InChI=1S/C15H12ClFO2/c1-2-15(18)10-4-3-5-11(8-10)19-12-6-7-13(16)14(17)9-12/h3-9H,2H2,1H3. The van der Waals surface area contributed by atoms with Crippen LogP contribution in [0.2, 0.25) is 5.02 Å². The van der Waals surface area contributed by atoms with E-state index in [1.54, 1.807) is 37.3 Å². The number of ketones is 1. The summed E-state index contributed by atoms with van der Waals surface area (Å²) in [6.07, 6.45) is 0.430. The van der Waals surface area contributed by atoms with Crippen LogP contribution in [0.15, 0.2) is 42.5 Å². The number of Topliss-reactive ketones (excluding diaryl/α,β-unsaturated/α-hetero) is 1. The van der Waals surface area contributed by atoms with Crippen molar-refractivity contribution in [2.24, 2.45) is 0 Å². The second-order valence-corrected chi connectivity index (χ2v) is 4.39. The van der Waals surface area contributed by atoms with Crippen LogP contribution in [0.1, 0.15) is 23.7 Å². The normalized spacial score (nSPS) is 10.3. The zero-order valence-electron chi connectivity index (χ0n) is 10.3. The van der Waals surface area contributed by atoms with Crippen molar-refractivity contribution in [3.63, 3.8) is 0 Å². The summed E-state index contributed by atoms with van der Waals surface area (Å²) in [4.78, 5) is 11.6. The van der Waals surface area contributed by atoms with Crippen LogP contribution in [-0.4, -0.2) is 5.78 Å². The van der Waals surface area contributed by atoms with Gasteiger partial charge in [-0.05, 0) is 24.3 Å². The third-order valence-corrected chi connectivity index (χ3v) is 2.91. The molecule has 2 nitrogen and oxygen atoms in total. The molecule has 0 aliphatic rings. The summed E-state index contributed by atoms with van der Waals surface area (Å²) in [5, 5.41) is 0.0438. The van der Waals surface area contributed by atoms with Crippen molar-refractivity contribution in [3.8, 4) is 11.5 Å². The minimum absolute atomic E-state index is 0.0349.